The van der Waals surface area contributed by atoms with Crippen molar-refractivity contribution in [2.75, 3.05) is 0 Å². The highest BCUT2D eigenvalue weighted by atomic mass is 16.1. The van der Waals surface area contributed by atoms with Crippen LogP contribution in [0.15, 0.2) is 48.6 Å². The summed E-state index contributed by atoms with van der Waals surface area (Å²) in [4.78, 5) is 11.5. The molecule has 0 aliphatic heterocycles. The predicted molar refractivity (Wildman–Crippen MR) is 110 cm³/mol. The van der Waals surface area contributed by atoms with Crippen LogP contribution in [0.5, 0.6) is 0 Å². The first-order chi connectivity index (χ1) is 12.3. The summed E-state index contributed by atoms with van der Waals surface area (Å²) in [6.45, 7) is 2.24. The first-order valence-electron chi connectivity index (χ1n) is 10.2. The Morgan fingerprint density at radius 3 is 1.84 bits per heavy atom. The lowest BCUT2D eigenvalue weighted by molar-refractivity contribution is -0.121. The van der Waals surface area contributed by atoms with Crippen LogP contribution in [0.2, 0.25) is 0 Å². The van der Waals surface area contributed by atoms with Gasteiger partial charge in [0.15, 0.2) is 0 Å². The van der Waals surface area contributed by atoms with E-state index in [0.29, 0.717) is 12.5 Å². The van der Waals surface area contributed by atoms with Crippen molar-refractivity contribution in [3.05, 3.63) is 48.6 Å². The highest BCUT2D eigenvalue weighted by Crippen LogP contribution is 2.18. The van der Waals surface area contributed by atoms with Gasteiger partial charge in [-0.1, -0.05) is 68.4 Å². The standard InChI is InChI=1S/C23H37NO/c1-2-3-4-5-6-7-8-9-10-11-12-13-14-15-16-17-18-19-23(25)24-22-20-21-22/h6-7,9-10,12-13,15-16,22H,2-5,8,11,14,17-21H2,1H3,(H,24,25). The molecule has 0 heterocycles. The highest BCUT2D eigenvalue weighted by molar-refractivity contribution is 5.76. The first kappa shape index (κ1) is 21.5. The molecule has 0 aromatic rings. The molecule has 0 unspecified atom stereocenters. The summed E-state index contributed by atoms with van der Waals surface area (Å²) in [5, 5.41) is 3.02. The molecule has 25 heavy (non-hydrogen) atoms. The van der Waals surface area contributed by atoms with Crippen LogP contribution in [0.1, 0.15) is 84.0 Å². The molecule has 0 atom stereocenters. The molecule has 1 aliphatic rings. The smallest absolute Gasteiger partial charge is 0.220 e. The van der Waals surface area contributed by atoms with E-state index in [0.717, 1.165) is 32.1 Å². The van der Waals surface area contributed by atoms with Crippen molar-refractivity contribution >= 4 is 5.91 Å². The van der Waals surface area contributed by atoms with Crippen LogP contribution in [-0.2, 0) is 4.79 Å². The Balaban J connectivity index is 1.86. The summed E-state index contributed by atoms with van der Waals surface area (Å²) in [6, 6.07) is 0.490. The van der Waals surface area contributed by atoms with E-state index in [4.69, 9.17) is 0 Å². The van der Waals surface area contributed by atoms with Gasteiger partial charge in [0, 0.05) is 12.5 Å². The number of amides is 1. The molecule has 1 N–H and O–H groups in total. The molecule has 1 amide bonds. The molecule has 0 aromatic carbocycles. The third kappa shape index (κ3) is 15.7. The Morgan fingerprint density at radius 1 is 0.800 bits per heavy atom. The molecular formula is C23H37NO. The van der Waals surface area contributed by atoms with Crippen molar-refractivity contribution in [3.63, 3.8) is 0 Å². The summed E-state index contributed by atoms with van der Waals surface area (Å²) in [5.74, 6) is 0.221. The largest absolute Gasteiger partial charge is 0.353 e. The summed E-state index contributed by atoms with van der Waals surface area (Å²) >= 11 is 0. The Hall–Kier alpha value is -1.57. The minimum absolute atomic E-state index is 0.221. The summed E-state index contributed by atoms with van der Waals surface area (Å²) in [5.41, 5.74) is 0. The summed E-state index contributed by atoms with van der Waals surface area (Å²) in [6.07, 6.45) is 31.0. The van der Waals surface area contributed by atoms with Crippen LogP contribution in [0.25, 0.3) is 0 Å². The van der Waals surface area contributed by atoms with Gasteiger partial charge in [0.2, 0.25) is 5.91 Å². The lowest BCUT2D eigenvalue weighted by Crippen LogP contribution is -2.24. The number of hydrogen-bond donors (Lipinski definition) is 1. The molecule has 1 saturated carbocycles. The normalized spacial score (nSPS) is 15.2. The van der Waals surface area contributed by atoms with Gasteiger partial charge in [-0.3, -0.25) is 4.79 Å². The number of allylic oxidation sites excluding steroid dienone is 8. The molecule has 2 heteroatoms. The third-order valence-corrected chi connectivity index (χ3v) is 4.17. The topological polar surface area (TPSA) is 29.1 Å². The van der Waals surface area contributed by atoms with Crippen molar-refractivity contribution in [1.82, 2.24) is 5.32 Å². The zero-order valence-corrected chi connectivity index (χ0v) is 16.1. The lowest BCUT2D eigenvalue weighted by Gasteiger charge is -2.00. The van der Waals surface area contributed by atoms with Crippen molar-refractivity contribution in [1.29, 1.82) is 0 Å². The van der Waals surface area contributed by atoms with Crippen LogP contribution in [0, 0.1) is 0 Å². The number of hydrogen-bond acceptors (Lipinski definition) is 1. The molecule has 1 aliphatic carbocycles. The molecule has 1 rings (SSSR count). The molecule has 0 bridgehead atoms. The second kappa shape index (κ2) is 15.9. The Morgan fingerprint density at radius 2 is 1.32 bits per heavy atom. The van der Waals surface area contributed by atoms with Crippen molar-refractivity contribution < 1.29 is 4.79 Å². The van der Waals surface area contributed by atoms with Crippen LogP contribution in [0.3, 0.4) is 0 Å². The quantitative estimate of drug-likeness (QED) is 0.270. The average Bonchev–Trinajstić information content (AvgIpc) is 3.41. The van der Waals surface area contributed by atoms with E-state index in [1.54, 1.807) is 0 Å². The number of rotatable bonds is 15. The predicted octanol–water partition coefficient (Wildman–Crippen LogP) is 6.41. The van der Waals surface area contributed by atoms with Gasteiger partial charge >= 0.3 is 0 Å². The zero-order chi connectivity index (χ0) is 18.0. The molecule has 0 spiro atoms. The minimum Gasteiger partial charge on any atom is -0.353 e. The molecule has 0 saturated heterocycles. The maximum atomic E-state index is 11.5. The SMILES string of the molecule is CCCCCC=CCC=CCC=CCC=CCCCC(=O)NC1CC1. The maximum Gasteiger partial charge on any atom is 0.220 e. The van der Waals surface area contributed by atoms with Gasteiger partial charge in [-0.05, 0) is 57.8 Å². The molecular weight excluding hydrogens is 306 g/mol. The van der Waals surface area contributed by atoms with E-state index in [1.807, 2.05) is 0 Å². The van der Waals surface area contributed by atoms with Crippen LogP contribution in [-0.4, -0.2) is 11.9 Å². The van der Waals surface area contributed by atoms with E-state index >= 15 is 0 Å². The second-order valence-corrected chi connectivity index (χ2v) is 6.82. The second-order valence-electron chi connectivity index (χ2n) is 6.82. The number of nitrogens with one attached hydrogen (secondary N) is 1. The molecule has 140 valence electrons. The summed E-state index contributed by atoms with van der Waals surface area (Å²) in [7, 11) is 0. The third-order valence-electron chi connectivity index (χ3n) is 4.17. The fraction of sp³-hybridized carbons (Fsp3) is 0.609. The Kier molecular flexibility index (Phi) is 13.7. The number of carbonyl (C=O) groups excluding carboxylic acids is 1. The van der Waals surface area contributed by atoms with Crippen molar-refractivity contribution in [2.24, 2.45) is 0 Å². The average molecular weight is 344 g/mol. The van der Waals surface area contributed by atoms with E-state index in [-0.39, 0.29) is 5.91 Å². The van der Waals surface area contributed by atoms with Gasteiger partial charge < -0.3 is 5.32 Å². The van der Waals surface area contributed by atoms with Gasteiger partial charge in [0.05, 0.1) is 0 Å². The van der Waals surface area contributed by atoms with E-state index < -0.39 is 0 Å². The lowest BCUT2D eigenvalue weighted by atomic mass is 10.2. The fourth-order valence-electron chi connectivity index (χ4n) is 2.47. The van der Waals surface area contributed by atoms with Crippen molar-refractivity contribution in [2.45, 2.75) is 90.0 Å². The monoisotopic (exact) mass is 343 g/mol. The molecule has 1 fully saturated rings. The van der Waals surface area contributed by atoms with Crippen molar-refractivity contribution in [3.8, 4) is 0 Å². The van der Waals surface area contributed by atoms with Gasteiger partial charge in [-0.25, -0.2) is 0 Å². The Bertz CT molecular complexity index is 441. The fourth-order valence-corrected chi connectivity index (χ4v) is 2.47. The van der Waals surface area contributed by atoms with E-state index in [1.165, 1.54) is 38.5 Å². The molecule has 0 radical (unpaired) electrons. The van der Waals surface area contributed by atoms with Crippen LogP contribution < -0.4 is 5.32 Å². The Labute approximate surface area is 155 Å². The van der Waals surface area contributed by atoms with E-state index in [9.17, 15) is 4.79 Å². The molecule has 2 nitrogen and oxygen atoms in total. The number of carbonyl (C=O) groups is 1. The first-order valence-corrected chi connectivity index (χ1v) is 10.2. The number of unbranched alkanes of at least 4 members (excludes halogenated alkanes) is 4. The summed E-state index contributed by atoms with van der Waals surface area (Å²) < 4.78 is 0. The minimum atomic E-state index is 0.221. The molecule has 0 aromatic heterocycles. The van der Waals surface area contributed by atoms with Gasteiger partial charge in [0.25, 0.3) is 0 Å². The van der Waals surface area contributed by atoms with Crippen LogP contribution >= 0.6 is 0 Å². The van der Waals surface area contributed by atoms with E-state index in [2.05, 4.69) is 60.8 Å². The zero-order valence-electron chi connectivity index (χ0n) is 16.1. The van der Waals surface area contributed by atoms with Gasteiger partial charge in [-0.2, -0.15) is 0 Å². The van der Waals surface area contributed by atoms with Gasteiger partial charge in [0.1, 0.15) is 0 Å². The van der Waals surface area contributed by atoms with Gasteiger partial charge in [-0.15, -0.1) is 0 Å². The maximum absolute atomic E-state index is 11.5. The van der Waals surface area contributed by atoms with Crippen LogP contribution in [0.4, 0.5) is 0 Å². The highest BCUT2D eigenvalue weighted by Gasteiger charge is 2.22.